The van der Waals surface area contributed by atoms with Crippen LogP contribution in [0.5, 0.6) is 0 Å². The lowest BCUT2D eigenvalue weighted by molar-refractivity contribution is 0.0730. The molecule has 3 aromatic rings. The first-order chi connectivity index (χ1) is 14.6. The molecule has 30 heavy (non-hydrogen) atoms. The third-order valence-corrected chi connectivity index (χ3v) is 5.64. The highest BCUT2D eigenvalue weighted by molar-refractivity contribution is 5.96. The molecule has 4 heterocycles. The quantitative estimate of drug-likeness (QED) is 0.607. The highest BCUT2D eigenvalue weighted by Crippen LogP contribution is 2.37. The number of aryl methyl sites for hydroxylation is 3. The number of nitrogens with zero attached hydrogens (tertiary/aromatic N) is 5. The van der Waals surface area contributed by atoms with E-state index in [9.17, 15) is 4.79 Å². The Bertz CT molecular complexity index is 1030. The van der Waals surface area contributed by atoms with E-state index in [1.54, 1.807) is 19.3 Å². The number of likely N-dealkylation sites (tertiary alicyclic amines) is 1. The fraction of sp³-hybridized carbons (Fsp3) is 0.435. The summed E-state index contributed by atoms with van der Waals surface area (Å²) >= 11 is 0. The highest BCUT2D eigenvalue weighted by Gasteiger charge is 2.36. The van der Waals surface area contributed by atoms with Gasteiger partial charge in [0.1, 0.15) is 17.1 Å². The van der Waals surface area contributed by atoms with Gasteiger partial charge in [0.2, 0.25) is 0 Å². The molecule has 1 saturated heterocycles. The van der Waals surface area contributed by atoms with Crippen LogP contribution in [0, 0.1) is 6.92 Å². The number of hydrogen-bond donors (Lipinski definition) is 0. The minimum absolute atomic E-state index is 0.0237. The third kappa shape index (κ3) is 3.72. The van der Waals surface area contributed by atoms with Crippen LogP contribution in [0.15, 0.2) is 35.2 Å². The van der Waals surface area contributed by atoms with E-state index in [2.05, 4.69) is 22.0 Å². The van der Waals surface area contributed by atoms with Crippen LogP contribution < -0.4 is 0 Å². The number of carbonyl (C=O) groups excluding carboxylic acids is 1. The van der Waals surface area contributed by atoms with Crippen LogP contribution in [0.25, 0.3) is 11.1 Å². The molecule has 0 radical (unpaired) electrons. The van der Waals surface area contributed by atoms with E-state index < -0.39 is 0 Å². The molecular formula is C23H27N5O2. The number of aromatic nitrogens is 4. The maximum absolute atomic E-state index is 13.5. The van der Waals surface area contributed by atoms with Crippen molar-refractivity contribution in [2.24, 2.45) is 0 Å². The summed E-state index contributed by atoms with van der Waals surface area (Å²) < 4.78 is 5.32. The second-order valence-electron chi connectivity index (χ2n) is 7.64. The van der Waals surface area contributed by atoms with Crippen molar-refractivity contribution >= 4 is 5.91 Å². The zero-order valence-electron chi connectivity index (χ0n) is 17.8. The van der Waals surface area contributed by atoms with Crippen LogP contribution in [0.3, 0.4) is 0 Å². The summed E-state index contributed by atoms with van der Waals surface area (Å²) in [7, 11) is 0. The first kappa shape index (κ1) is 20.2. The summed E-state index contributed by atoms with van der Waals surface area (Å²) in [4.78, 5) is 29.1. The van der Waals surface area contributed by atoms with Crippen molar-refractivity contribution in [3.8, 4) is 11.1 Å². The summed E-state index contributed by atoms with van der Waals surface area (Å²) in [6.07, 6.45) is 9.69. The predicted molar refractivity (Wildman–Crippen MR) is 113 cm³/mol. The molecule has 3 aromatic heterocycles. The van der Waals surface area contributed by atoms with Gasteiger partial charge < -0.3 is 9.42 Å². The Hall–Kier alpha value is -3.09. The van der Waals surface area contributed by atoms with Gasteiger partial charge in [-0.1, -0.05) is 19.0 Å². The van der Waals surface area contributed by atoms with E-state index in [1.165, 1.54) is 0 Å². The molecule has 1 unspecified atom stereocenters. The van der Waals surface area contributed by atoms with Crippen molar-refractivity contribution in [1.82, 2.24) is 25.0 Å². The molecule has 1 aliphatic rings. The Morgan fingerprint density at radius 2 is 2.07 bits per heavy atom. The van der Waals surface area contributed by atoms with Gasteiger partial charge in [-0.25, -0.2) is 9.97 Å². The molecule has 0 aliphatic carbocycles. The molecule has 1 fully saturated rings. The summed E-state index contributed by atoms with van der Waals surface area (Å²) in [5.74, 6) is 1.37. The Morgan fingerprint density at radius 1 is 1.27 bits per heavy atom. The Balaban J connectivity index is 1.77. The molecular weight excluding hydrogens is 378 g/mol. The molecule has 4 rings (SSSR count). The maximum atomic E-state index is 13.5. The zero-order valence-corrected chi connectivity index (χ0v) is 17.8. The molecule has 1 aliphatic heterocycles. The van der Waals surface area contributed by atoms with Crippen molar-refractivity contribution in [2.75, 3.05) is 6.54 Å². The molecule has 1 atom stereocenters. The number of carbonyl (C=O) groups is 1. The minimum atomic E-state index is -0.0988. The Labute approximate surface area is 176 Å². The van der Waals surface area contributed by atoms with E-state index in [1.807, 2.05) is 30.2 Å². The van der Waals surface area contributed by atoms with Gasteiger partial charge in [-0.15, -0.1) is 0 Å². The SMILES string of the molecule is CCCc1ncc(-c2ccncc2)c(C2CCCN2C(=O)c2c(CC)noc2C)n1. The molecule has 7 nitrogen and oxygen atoms in total. The van der Waals surface area contributed by atoms with Crippen molar-refractivity contribution in [1.29, 1.82) is 0 Å². The van der Waals surface area contributed by atoms with Crippen LogP contribution in [0.2, 0.25) is 0 Å². The monoisotopic (exact) mass is 405 g/mol. The molecule has 0 spiro atoms. The largest absolute Gasteiger partial charge is 0.361 e. The van der Waals surface area contributed by atoms with E-state index >= 15 is 0 Å². The fourth-order valence-electron chi connectivity index (χ4n) is 4.16. The molecule has 0 saturated carbocycles. The molecule has 0 aromatic carbocycles. The molecule has 156 valence electrons. The summed E-state index contributed by atoms with van der Waals surface area (Å²) in [6.45, 7) is 6.60. The van der Waals surface area contributed by atoms with Gasteiger partial charge in [-0.2, -0.15) is 0 Å². The first-order valence-electron chi connectivity index (χ1n) is 10.7. The number of rotatable bonds is 6. The lowest BCUT2D eigenvalue weighted by Crippen LogP contribution is -2.32. The van der Waals surface area contributed by atoms with Gasteiger partial charge in [-0.05, 0) is 50.3 Å². The predicted octanol–water partition coefficient (Wildman–Crippen LogP) is 4.33. The van der Waals surface area contributed by atoms with Crippen LogP contribution in [-0.2, 0) is 12.8 Å². The van der Waals surface area contributed by atoms with Crippen LogP contribution in [0.1, 0.15) is 72.5 Å². The minimum Gasteiger partial charge on any atom is -0.361 e. The Kier molecular flexibility index (Phi) is 5.88. The lowest BCUT2D eigenvalue weighted by atomic mass is 9.99. The van der Waals surface area contributed by atoms with Crippen molar-refractivity contribution in [2.45, 2.75) is 58.9 Å². The molecule has 7 heteroatoms. The van der Waals surface area contributed by atoms with Crippen molar-refractivity contribution in [3.05, 3.63) is 59.3 Å². The number of hydrogen-bond acceptors (Lipinski definition) is 6. The van der Waals surface area contributed by atoms with Gasteiger partial charge in [0, 0.05) is 37.1 Å². The van der Waals surface area contributed by atoms with Crippen molar-refractivity contribution in [3.63, 3.8) is 0 Å². The Morgan fingerprint density at radius 3 is 2.80 bits per heavy atom. The fourth-order valence-corrected chi connectivity index (χ4v) is 4.16. The van der Waals surface area contributed by atoms with Gasteiger partial charge in [0.15, 0.2) is 0 Å². The van der Waals surface area contributed by atoms with Crippen molar-refractivity contribution < 1.29 is 9.32 Å². The van der Waals surface area contributed by atoms with E-state index in [0.717, 1.165) is 48.3 Å². The van der Waals surface area contributed by atoms with Gasteiger partial charge in [0.05, 0.1) is 17.4 Å². The maximum Gasteiger partial charge on any atom is 0.259 e. The zero-order chi connectivity index (χ0) is 21.1. The van der Waals surface area contributed by atoms with E-state index in [0.29, 0.717) is 30.0 Å². The standard InChI is InChI=1S/C23H27N5O2/c1-4-7-20-25-14-17(16-9-11-24-12-10-16)22(26-20)19-8-6-13-28(19)23(29)21-15(3)30-27-18(21)5-2/h9-12,14,19H,4-8,13H2,1-3H3. The van der Waals surface area contributed by atoms with E-state index in [4.69, 9.17) is 9.51 Å². The highest BCUT2D eigenvalue weighted by atomic mass is 16.5. The normalized spacial score (nSPS) is 16.2. The second kappa shape index (κ2) is 8.73. The van der Waals surface area contributed by atoms with E-state index in [-0.39, 0.29) is 11.9 Å². The van der Waals surface area contributed by atoms with Gasteiger partial charge in [0.25, 0.3) is 5.91 Å². The second-order valence-corrected chi connectivity index (χ2v) is 7.64. The molecule has 0 N–H and O–H groups in total. The average Bonchev–Trinajstić information content (AvgIpc) is 3.41. The topological polar surface area (TPSA) is 85.0 Å². The van der Waals surface area contributed by atoms with Gasteiger partial charge >= 0.3 is 0 Å². The number of amides is 1. The summed E-state index contributed by atoms with van der Waals surface area (Å²) in [5, 5.41) is 4.07. The third-order valence-electron chi connectivity index (χ3n) is 5.64. The van der Waals surface area contributed by atoms with Crippen LogP contribution >= 0.6 is 0 Å². The van der Waals surface area contributed by atoms with Crippen LogP contribution in [0.4, 0.5) is 0 Å². The average molecular weight is 406 g/mol. The summed E-state index contributed by atoms with van der Waals surface area (Å²) in [5.41, 5.74) is 4.19. The van der Waals surface area contributed by atoms with Crippen LogP contribution in [-0.4, -0.2) is 37.5 Å². The number of pyridine rings is 1. The van der Waals surface area contributed by atoms with Gasteiger partial charge in [-0.3, -0.25) is 9.78 Å². The molecule has 1 amide bonds. The molecule has 0 bridgehead atoms. The smallest absolute Gasteiger partial charge is 0.259 e. The first-order valence-corrected chi connectivity index (χ1v) is 10.7. The summed E-state index contributed by atoms with van der Waals surface area (Å²) in [6, 6.07) is 3.82. The lowest BCUT2D eigenvalue weighted by Gasteiger charge is -2.26.